The Morgan fingerprint density at radius 1 is 0.710 bits per heavy atom. The molecule has 6 rings (SSSR count). The van der Waals surface area contributed by atoms with Gasteiger partial charge in [0.2, 0.25) is 0 Å². The minimum atomic E-state index is 0.300. The van der Waals surface area contributed by atoms with Crippen molar-refractivity contribution in [2.75, 3.05) is 5.32 Å². The normalized spacial score (nSPS) is 14.7. The van der Waals surface area contributed by atoms with E-state index >= 15 is 0 Å². The number of hydrogen-bond donors (Lipinski definition) is 1. The molecule has 0 amide bonds. The first-order valence-electron chi connectivity index (χ1n) is 10.9. The van der Waals surface area contributed by atoms with Crippen molar-refractivity contribution in [3.8, 4) is 16.8 Å². The zero-order valence-corrected chi connectivity index (χ0v) is 17.8. The highest BCUT2D eigenvalue weighted by Gasteiger charge is 2.30. The molecular weight excluding hydrogens is 376 g/mol. The summed E-state index contributed by atoms with van der Waals surface area (Å²) in [4.78, 5) is 0. The highest BCUT2D eigenvalue weighted by Crippen LogP contribution is 2.48. The maximum Gasteiger partial charge on any atom is 0.0687 e. The van der Waals surface area contributed by atoms with E-state index in [9.17, 15) is 0 Å². The lowest BCUT2D eigenvalue weighted by molar-refractivity contribution is 0.825. The van der Waals surface area contributed by atoms with E-state index in [-0.39, 0.29) is 0 Å². The Balaban J connectivity index is 1.57. The molecule has 5 aromatic rings. The number of rotatable bonds is 2. The van der Waals surface area contributed by atoms with Gasteiger partial charge < -0.3 is 9.88 Å². The zero-order chi connectivity index (χ0) is 20.9. The monoisotopic (exact) mass is 400 g/mol. The van der Waals surface area contributed by atoms with Crippen molar-refractivity contribution in [3.63, 3.8) is 0 Å². The van der Waals surface area contributed by atoms with E-state index in [4.69, 9.17) is 0 Å². The van der Waals surface area contributed by atoms with Crippen LogP contribution >= 0.6 is 0 Å². The van der Waals surface area contributed by atoms with Crippen LogP contribution in [-0.2, 0) is 0 Å². The second kappa shape index (κ2) is 6.88. The molecule has 1 N–H and O–H groups in total. The Kier molecular flexibility index (Phi) is 4.00. The first kappa shape index (κ1) is 18.0. The number of anilines is 2. The average Bonchev–Trinajstić information content (AvgIpc) is 3.15. The summed E-state index contributed by atoms with van der Waals surface area (Å²) in [5.74, 6) is 0.300. The fourth-order valence-corrected chi connectivity index (χ4v) is 5.15. The molecular formula is C29H24N2. The summed E-state index contributed by atoms with van der Waals surface area (Å²) in [7, 11) is 0. The summed E-state index contributed by atoms with van der Waals surface area (Å²) >= 11 is 0. The van der Waals surface area contributed by atoms with E-state index in [2.05, 4.69) is 121 Å². The standard InChI is InChI=1S/C29H24N2/c1-19-9-8-13-25-27(19)20(2)29-28(30-25)24-12-6-7-14-26(24)31(29)23-17-15-22(16-18-23)21-10-4-3-5-11-21/h3-18,20,30H,1-2H3. The molecule has 1 unspecified atom stereocenters. The number of nitrogens with zero attached hydrogens (tertiary/aromatic N) is 1. The van der Waals surface area contributed by atoms with Crippen molar-refractivity contribution < 1.29 is 0 Å². The van der Waals surface area contributed by atoms with Gasteiger partial charge in [0.1, 0.15) is 0 Å². The van der Waals surface area contributed by atoms with Gasteiger partial charge in [-0.3, -0.25) is 0 Å². The summed E-state index contributed by atoms with van der Waals surface area (Å²) in [6.07, 6.45) is 0. The van der Waals surface area contributed by atoms with Gasteiger partial charge in [-0.15, -0.1) is 0 Å². The number of fused-ring (bicyclic) bond motifs is 4. The van der Waals surface area contributed by atoms with E-state index in [1.165, 1.54) is 55.9 Å². The molecule has 0 fully saturated rings. The molecule has 0 spiro atoms. The molecule has 1 aliphatic rings. The van der Waals surface area contributed by atoms with E-state index in [1.807, 2.05) is 0 Å². The van der Waals surface area contributed by atoms with E-state index < -0.39 is 0 Å². The van der Waals surface area contributed by atoms with Gasteiger partial charge in [0.05, 0.1) is 16.9 Å². The van der Waals surface area contributed by atoms with Crippen LogP contribution in [-0.4, -0.2) is 4.57 Å². The maximum absolute atomic E-state index is 3.76. The van der Waals surface area contributed by atoms with Crippen molar-refractivity contribution in [1.82, 2.24) is 4.57 Å². The molecule has 2 heteroatoms. The lowest BCUT2D eigenvalue weighted by Gasteiger charge is -2.28. The molecule has 150 valence electrons. The quantitative estimate of drug-likeness (QED) is 0.320. The Morgan fingerprint density at radius 3 is 2.23 bits per heavy atom. The van der Waals surface area contributed by atoms with Gasteiger partial charge in [-0.2, -0.15) is 0 Å². The largest absolute Gasteiger partial charge is 0.353 e. The predicted molar refractivity (Wildman–Crippen MR) is 131 cm³/mol. The molecule has 0 saturated carbocycles. The number of hydrogen-bond acceptors (Lipinski definition) is 1. The van der Waals surface area contributed by atoms with Crippen LogP contribution in [0.2, 0.25) is 0 Å². The summed E-state index contributed by atoms with van der Waals surface area (Å²) < 4.78 is 2.44. The van der Waals surface area contributed by atoms with Crippen LogP contribution in [0.3, 0.4) is 0 Å². The Labute approximate surface area is 182 Å². The molecule has 1 aliphatic heterocycles. The molecule has 0 radical (unpaired) electrons. The van der Waals surface area contributed by atoms with Gasteiger partial charge in [0.15, 0.2) is 0 Å². The molecule has 31 heavy (non-hydrogen) atoms. The Morgan fingerprint density at radius 2 is 1.42 bits per heavy atom. The first-order valence-corrected chi connectivity index (χ1v) is 10.9. The predicted octanol–water partition coefficient (Wildman–Crippen LogP) is 7.81. The Bertz CT molecular complexity index is 1410. The molecule has 1 atom stereocenters. The fourth-order valence-electron chi connectivity index (χ4n) is 5.15. The second-order valence-corrected chi connectivity index (χ2v) is 8.41. The van der Waals surface area contributed by atoms with E-state index in [0.29, 0.717) is 5.92 Å². The number of aryl methyl sites for hydroxylation is 1. The maximum atomic E-state index is 3.76. The van der Waals surface area contributed by atoms with Gasteiger partial charge in [-0.05, 0) is 53.4 Å². The third kappa shape index (κ3) is 2.72. The second-order valence-electron chi connectivity index (χ2n) is 8.41. The zero-order valence-electron chi connectivity index (χ0n) is 17.8. The average molecular weight is 401 g/mol. The number of aromatic nitrogens is 1. The van der Waals surface area contributed by atoms with Gasteiger partial charge in [0, 0.05) is 22.7 Å². The van der Waals surface area contributed by atoms with Gasteiger partial charge in [-0.25, -0.2) is 0 Å². The lowest BCUT2D eigenvalue weighted by atomic mass is 9.88. The molecule has 0 saturated heterocycles. The molecule has 2 heterocycles. The van der Waals surface area contributed by atoms with Crippen molar-refractivity contribution in [1.29, 1.82) is 0 Å². The summed E-state index contributed by atoms with van der Waals surface area (Å²) in [6.45, 7) is 4.54. The SMILES string of the molecule is Cc1cccc2c1C(C)c1c(c3ccccc3n1-c1ccc(-c3ccccc3)cc1)N2. The fraction of sp³-hybridized carbons (Fsp3) is 0.103. The van der Waals surface area contributed by atoms with Crippen molar-refractivity contribution >= 4 is 22.3 Å². The number of para-hydroxylation sites is 1. The van der Waals surface area contributed by atoms with Crippen LogP contribution in [0.25, 0.3) is 27.7 Å². The van der Waals surface area contributed by atoms with Gasteiger partial charge in [0.25, 0.3) is 0 Å². The number of nitrogens with one attached hydrogen (secondary N) is 1. The van der Waals surface area contributed by atoms with Crippen molar-refractivity contribution in [2.45, 2.75) is 19.8 Å². The van der Waals surface area contributed by atoms with Crippen LogP contribution in [0, 0.1) is 6.92 Å². The third-order valence-corrected chi connectivity index (χ3v) is 6.57. The Hall–Kier alpha value is -3.78. The van der Waals surface area contributed by atoms with Gasteiger partial charge in [-0.1, -0.05) is 79.7 Å². The summed E-state index contributed by atoms with van der Waals surface area (Å²) in [6, 6.07) is 34.8. The summed E-state index contributed by atoms with van der Waals surface area (Å²) in [5.41, 5.74) is 11.4. The molecule has 0 bridgehead atoms. The number of benzene rings is 4. The topological polar surface area (TPSA) is 17.0 Å². The lowest BCUT2D eigenvalue weighted by Crippen LogP contribution is -2.14. The van der Waals surface area contributed by atoms with Crippen LogP contribution in [0.15, 0.2) is 97.1 Å². The highest BCUT2D eigenvalue weighted by atomic mass is 15.1. The summed E-state index contributed by atoms with van der Waals surface area (Å²) in [5, 5.41) is 5.03. The smallest absolute Gasteiger partial charge is 0.0687 e. The van der Waals surface area contributed by atoms with Crippen LogP contribution in [0.4, 0.5) is 11.4 Å². The van der Waals surface area contributed by atoms with Crippen LogP contribution in [0.1, 0.15) is 29.7 Å². The first-order chi connectivity index (χ1) is 15.2. The minimum absolute atomic E-state index is 0.300. The molecule has 1 aromatic heterocycles. The van der Waals surface area contributed by atoms with Crippen LogP contribution in [0.5, 0.6) is 0 Å². The van der Waals surface area contributed by atoms with E-state index in [1.54, 1.807) is 0 Å². The van der Waals surface area contributed by atoms with Crippen molar-refractivity contribution in [3.05, 3.63) is 114 Å². The van der Waals surface area contributed by atoms with E-state index in [0.717, 1.165) is 0 Å². The highest BCUT2D eigenvalue weighted by molar-refractivity contribution is 6.00. The molecule has 4 aromatic carbocycles. The third-order valence-electron chi connectivity index (χ3n) is 6.57. The van der Waals surface area contributed by atoms with Gasteiger partial charge >= 0.3 is 0 Å². The molecule has 2 nitrogen and oxygen atoms in total. The van der Waals surface area contributed by atoms with Crippen molar-refractivity contribution in [2.24, 2.45) is 0 Å². The van der Waals surface area contributed by atoms with Crippen LogP contribution < -0.4 is 5.32 Å². The minimum Gasteiger partial charge on any atom is -0.353 e. The molecule has 0 aliphatic carbocycles.